The number of hydrogen-bond donors (Lipinski definition) is 1. The first-order valence-corrected chi connectivity index (χ1v) is 8.96. The molecule has 0 aliphatic heterocycles. The molecule has 0 unspecified atom stereocenters. The smallest absolute Gasteiger partial charge is 0.416 e. The minimum absolute atomic E-state index is 0.0119. The van der Waals surface area contributed by atoms with E-state index in [9.17, 15) is 27.2 Å². The summed E-state index contributed by atoms with van der Waals surface area (Å²) in [5, 5.41) is 2.43. The number of benzene rings is 2. The van der Waals surface area contributed by atoms with Crippen molar-refractivity contribution in [2.75, 3.05) is 25.6 Å². The molecule has 0 aliphatic rings. The van der Waals surface area contributed by atoms with Crippen LogP contribution in [0.1, 0.15) is 5.56 Å². The van der Waals surface area contributed by atoms with Gasteiger partial charge >= 0.3 is 6.18 Å². The summed E-state index contributed by atoms with van der Waals surface area (Å²) in [6.07, 6.45) is -3.56. The van der Waals surface area contributed by atoms with E-state index in [0.29, 0.717) is 0 Å². The van der Waals surface area contributed by atoms with E-state index in [4.69, 9.17) is 9.47 Å². The Morgan fingerprint density at radius 3 is 2.65 bits per heavy atom. The van der Waals surface area contributed by atoms with Crippen LogP contribution in [0.15, 0.2) is 47.5 Å². The second-order valence-electron chi connectivity index (χ2n) is 6.44. The molecule has 3 aromatic rings. The molecule has 0 saturated carbocycles. The minimum Gasteiger partial charge on any atom is -0.489 e. The topological polar surface area (TPSA) is 82.4 Å². The van der Waals surface area contributed by atoms with Gasteiger partial charge in [0.2, 0.25) is 5.91 Å². The molecule has 0 bridgehead atoms. The lowest BCUT2D eigenvalue weighted by Gasteiger charge is -2.15. The average Bonchev–Trinajstić information content (AvgIpc) is 2.70. The monoisotopic (exact) mass is 439 g/mol. The van der Waals surface area contributed by atoms with E-state index in [-0.39, 0.29) is 35.6 Å². The van der Waals surface area contributed by atoms with Crippen LogP contribution in [0.2, 0.25) is 0 Å². The Morgan fingerprint density at radius 1 is 1.16 bits per heavy atom. The van der Waals surface area contributed by atoms with E-state index in [1.807, 2.05) is 0 Å². The van der Waals surface area contributed by atoms with Gasteiger partial charge in [0, 0.05) is 13.2 Å². The fourth-order valence-corrected chi connectivity index (χ4v) is 2.75. The number of anilines is 1. The molecule has 0 radical (unpaired) electrons. The highest BCUT2D eigenvalue weighted by Crippen LogP contribution is 2.35. The zero-order valence-electron chi connectivity index (χ0n) is 16.2. The van der Waals surface area contributed by atoms with Gasteiger partial charge in [0.05, 0.1) is 35.1 Å². The number of fused-ring (bicyclic) bond motifs is 1. The minimum atomic E-state index is -4.63. The van der Waals surface area contributed by atoms with Crippen LogP contribution >= 0.6 is 0 Å². The molecular weight excluding hydrogens is 422 g/mol. The normalized spacial score (nSPS) is 11.5. The predicted octanol–water partition coefficient (Wildman–Crippen LogP) is 3.22. The molecule has 1 heterocycles. The molecule has 164 valence electrons. The summed E-state index contributed by atoms with van der Waals surface area (Å²) >= 11 is 0. The Hall–Kier alpha value is -3.47. The number of aromatic nitrogens is 2. The maximum Gasteiger partial charge on any atom is 0.416 e. The average molecular weight is 439 g/mol. The van der Waals surface area contributed by atoms with Crippen LogP contribution in [0.4, 0.5) is 23.2 Å². The van der Waals surface area contributed by atoms with Crippen LogP contribution < -0.4 is 15.6 Å². The SMILES string of the molecule is COCCOc1ccc(C(F)(F)F)cc1NC(=O)Cn1cnc2cc(F)ccc2c1=O. The van der Waals surface area contributed by atoms with Crippen molar-refractivity contribution in [3.63, 3.8) is 0 Å². The molecule has 0 atom stereocenters. The fourth-order valence-electron chi connectivity index (χ4n) is 2.75. The number of carbonyl (C=O) groups is 1. The van der Waals surface area contributed by atoms with Gasteiger partial charge in [-0.3, -0.25) is 14.2 Å². The number of nitrogens with zero attached hydrogens (tertiary/aromatic N) is 2. The van der Waals surface area contributed by atoms with Gasteiger partial charge in [-0.15, -0.1) is 0 Å². The molecule has 2 aromatic carbocycles. The summed E-state index contributed by atoms with van der Waals surface area (Å²) < 4.78 is 63.6. The molecule has 0 saturated heterocycles. The molecule has 0 spiro atoms. The van der Waals surface area contributed by atoms with Crippen molar-refractivity contribution in [3.8, 4) is 5.75 Å². The summed E-state index contributed by atoms with van der Waals surface area (Å²) in [5.74, 6) is -1.33. The number of alkyl halides is 3. The van der Waals surface area contributed by atoms with Crippen LogP contribution in [-0.4, -0.2) is 35.8 Å². The van der Waals surface area contributed by atoms with E-state index in [2.05, 4.69) is 10.3 Å². The highest BCUT2D eigenvalue weighted by atomic mass is 19.4. The maximum atomic E-state index is 13.3. The van der Waals surface area contributed by atoms with Gasteiger partial charge < -0.3 is 14.8 Å². The maximum absolute atomic E-state index is 13.3. The second-order valence-corrected chi connectivity index (χ2v) is 6.44. The molecule has 31 heavy (non-hydrogen) atoms. The number of hydrogen-bond acceptors (Lipinski definition) is 5. The van der Waals surface area contributed by atoms with Crippen molar-refractivity contribution in [1.29, 1.82) is 0 Å². The van der Waals surface area contributed by atoms with Crippen LogP contribution in [0.5, 0.6) is 5.75 Å². The van der Waals surface area contributed by atoms with Gasteiger partial charge in [0.15, 0.2) is 0 Å². The quantitative estimate of drug-likeness (QED) is 0.452. The zero-order valence-corrected chi connectivity index (χ0v) is 16.2. The standard InChI is InChI=1S/C20H17F4N3O4/c1-30-6-7-31-17-5-2-12(20(22,23)24)8-16(17)26-18(28)10-27-11-25-15-9-13(21)3-4-14(15)19(27)29/h2-5,8-9,11H,6-7,10H2,1H3,(H,26,28). The highest BCUT2D eigenvalue weighted by Gasteiger charge is 2.31. The Kier molecular flexibility index (Phi) is 6.54. The third-order valence-corrected chi connectivity index (χ3v) is 4.23. The van der Waals surface area contributed by atoms with Gasteiger partial charge in [0.25, 0.3) is 5.56 Å². The van der Waals surface area contributed by atoms with Crippen molar-refractivity contribution < 1.29 is 31.8 Å². The summed E-state index contributed by atoms with van der Waals surface area (Å²) in [7, 11) is 1.43. The van der Waals surface area contributed by atoms with Crippen molar-refractivity contribution >= 4 is 22.5 Å². The third-order valence-electron chi connectivity index (χ3n) is 4.23. The van der Waals surface area contributed by atoms with Gasteiger partial charge in [-0.1, -0.05) is 0 Å². The molecule has 1 N–H and O–H groups in total. The van der Waals surface area contributed by atoms with E-state index in [1.54, 1.807) is 0 Å². The second kappa shape index (κ2) is 9.13. The lowest BCUT2D eigenvalue weighted by Crippen LogP contribution is -2.28. The molecule has 1 amide bonds. The zero-order chi connectivity index (χ0) is 22.6. The Balaban J connectivity index is 1.85. The number of carbonyl (C=O) groups excluding carboxylic acids is 1. The van der Waals surface area contributed by atoms with Gasteiger partial charge in [-0.25, -0.2) is 9.37 Å². The number of nitrogens with one attached hydrogen (secondary N) is 1. The van der Waals surface area contributed by atoms with Gasteiger partial charge in [-0.2, -0.15) is 13.2 Å². The van der Waals surface area contributed by atoms with Crippen LogP contribution in [-0.2, 0) is 22.3 Å². The molecular formula is C20H17F4N3O4. The lowest BCUT2D eigenvalue weighted by atomic mass is 10.1. The molecule has 0 fully saturated rings. The molecule has 11 heteroatoms. The van der Waals surface area contributed by atoms with Crippen molar-refractivity contribution in [3.05, 3.63) is 64.5 Å². The highest BCUT2D eigenvalue weighted by molar-refractivity contribution is 5.92. The number of halogens is 4. The van der Waals surface area contributed by atoms with Gasteiger partial charge in [-0.05, 0) is 30.3 Å². The fraction of sp³-hybridized carbons (Fsp3) is 0.250. The first-order chi connectivity index (χ1) is 14.7. The van der Waals surface area contributed by atoms with E-state index in [0.717, 1.165) is 41.2 Å². The Morgan fingerprint density at radius 2 is 1.94 bits per heavy atom. The number of amides is 1. The predicted molar refractivity (Wildman–Crippen MR) is 103 cm³/mol. The largest absolute Gasteiger partial charge is 0.489 e. The van der Waals surface area contributed by atoms with E-state index >= 15 is 0 Å². The summed E-state index contributed by atoms with van der Waals surface area (Å²) in [4.78, 5) is 28.9. The van der Waals surface area contributed by atoms with Crippen LogP contribution in [0.25, 0.3) is 10.9 Å². The third kappa shape index (κ3) is 5.37. The Labute approximate surface area is 173 Å². The summed E-state index contributed by atoms with van der Waals surface area (Å²) in [5.41, 5.74) is -1.66. The summed E-state index contributed by atoms with van der Waals surface area (Å²) in [6, 6.07) is 6.06. The molecule has 7 nitrogen and oxygen atoms in total. The first-order valence-electron chi connectivity index (χ1n) is 8.96. The Bertz CT molecular complexity index is 1160. The van der Waals surface area contributed by atoms with Crippen molar-refractivity contribution in [2.24, 2.45) is 0 Å². The van der Waals surface area contributed by atoms with Crippen molar-refractivity contribution in [1.82, 2.24) is 9.55 Å². The van der Waals surface area contributed by atoms with Crippen LogP contribution in [0.3, 0.4) is 0 Å². The first kappa shape index (κ1) is 22.2. The van der Waals surface area contributed by atoms with Crippen molar-refractivity contribution in [2.45, 2.75) is 12.7 Å². The van der Waals surface area contributed by atoms with E-state index < -0.39 is 35.6 Å². The number of ether oxygens (including phenoxy) is 2. The molecule has 1 aromatic heterocycles. The number of methoxy groups -OCH3 is 1. The lowest BCUT2D eigenvalue weighted by molar-refractivity contribution is -0.137. The van der Waals surface area contributed by atoms with Crippen LogP contribution in [0, 0.1) is 5.82 Å². The van der Waals surface area contributed by atoms with E-state index in [1.165, 1.54) is 13.2 Å². The number of rotatable bonds is 7. The summed E-state index contributed by atoms with van der Waals surface area (Å²) in [6.45, 7) is -0.282. The molecule has 0 aliphatic carbocycles. The molecule has 3 rings (SSSR count). The van der Waals surface area contributed by atoms with Gasteiger partial charge in [0.1, 0.15) is 24.7 Å².